The number of hydrogen-bond acceptors (Lipinski definition) is 3. The predicted octanol–water partition coefficient (Wildman–Crippen LogP) is 2.61. The summed E-state index contributed by atoms with van der Waals surface area (Å²) in [4.78, 5) is 16.9. The molecule has 1 aliphatic rings. The van der Waals surface area contributed by atoms with E-state index in [0.29, 0.717) is 0 Å². The highest BCUT2D eigenvalue weighted by atomic mass is 16.5. The molecule has 0 saturated carbocycles. The Bertz CT molecular complexity index is 454. The molecule has 1 N–H and O–H groups in total. The Labute approximate surface area is 127 Å². The van der Waals surface area contributed by atoms with Crippen LogP contribution in [0.3, 0.4) is 0 Å². The molecule has 0 fully saturated rings. The number of aryl methyl sites for hydroxylation is 1. The predicted molar refractivity (Wildman–Crippen MR) is 85.1 cm³/mol. The van der Waals surface area contributed by atoms with Gasteiger partial charge in [0.05, 0.1) is 12.3 Å². The van der Waals surface area contributed by atoms with Gasteiger partial charge in [0.15, 0.2) is 6.29 Å². The Balaban J connectivity index is 1.85. The van der Waals surface area contributed by atoms with Gasteiger partial charge in [-0.3, -0.25) is 4.79 Å². The molecule has 1 heterocycles. The molecule has 0 bridgehead atoms. The van der Waals surface area contributed by atoms with Crippen molar-refractivity contribution in [3.63, 3.8) is 0 Å². The number of aromatic amines is 1. The van der Waals surface area contributed by atoms with Crippen LogP contribution in [-0.4, -0.2) is 49.5 Å². The van der Waals surface area contributed by atoms with E-state index in [1.165, 1.54) is 29.7 Å². The number of fused-ring (bicyclic) bond motifs is 1. The minimum absolute atomic E-state index is 0.784. The third-order valence-electron chi connectivity index (χ3n) is 4.35. The van der Waals surface area contributed by atoms with E-state index in [1.54, 1.807) is 0 Å². The van der Waals surface area contributed by atoms with Crippen LogP contribution in [-0.2, 0) is 24.0 Å². The second-order valence-electron chi connectivity index (χ2n) is 5.90. The molecule has 0 spiro atoms. The molecule has 0 atom stereocenters. The van der Waals surface area contributed by atoms with Crippen molar-refractivity contribution in [2.45, 2.75) is 45.4 Å². The fourth-order valence-electron chi connectivity index (χ4n) is 3.17. The Kier molecular flexibility index (Phi) is 6.46. The number of H-pyrrole nitrogens is 1. The van der Waals surface area contributed by atoms with Gasteiger partial charge < -0.3 is 14.6 Å². The number of nitrogens with zero attached hydrogens (tertiary/aromatic N) is 1. The molecule has 21 heavy (non-hydrogen) atoms. The van der Waals surface area contributed by atoms with Crippen molar-refractivity contribution < 1.29 is 9.53 Å². The van der Waals surface area contributed by atoms with Crippen LogP contribution in [0.25, 0.3) is 0 Å². The summed E-state index contributed by atoms with van der Waals surface area (Å²) in [6.07, 6.45) is 7.81. The number of nitrogens with one attached hydrogen (secondary N) is 1. The Morgan fingerprint density at radius 3 is 2.86 bits per heavy atom. The van der Waals surface area contributed by atoms with Gasteiger partial charge in [-0.05, 0) is 70.2 Å². The van der Waals surface area contributed by atoms with Crippen molar-refractivity contribution >= 4 is 6.29 Å². The lowest BCUT2D eigenvalue weighted by Crippen LogP contribution is -2.24. The summed E-state index contributed by atoms with van der Waals surface area (Å²) in [6, 6.07) is 0. The molecule has 0 radical (unpaired) electrons. The van der Waals surface area contributed by atoms with Crippen molar-refractivity contribution in [2.75, 3.05) is 33.4 Å². The Hall–Kier alpha value is -1.13. The lowest BCUT2D eigenvalue weighted by Gasteiger charge is -2.17. The van der Waals surface area contributed by atoms with E-state index in [9.17, 15) is 4.79 Å². The van der Waals surface area contributed by atoms with E-state index >= 15 is 0 Å². The Morgan fingerprint density at radius 1 is 1.29 bits per heavy atom. The zero-order valence-corrected chi connectivity index (χ0v) is 13.4. The first-order chi connectivity index (χ1) is 10.3. The summed E-state index contributed by atoms with van der Waals surface area (Å²) in [5.74, 6) is 0. The molecular weight excluding hydrogens is 264 g/mol. The van der Waals surface area contributed by atoms with Gasteiger partial charge in [0.25, 0.3) is 0 Å². The SMILES string of the molecule is CCOCCN(C)CCCc1c(C=O)[nH]c2c1CCCC2. The lowest BCUT2D eigenvalue weighted by atomic mass is 9.92. The maximum absolute atomic E-state index is 11.3. The van der Waals surface area contributed by atoms with Crippen molar-refractivity contribution in [1.82, 2.24) is 9.88 Å². The Morgan fingerprint density at radius 2 is 2.10 bits per heavy atom. The van der Waals surface area contributed by atoms with E-state index < -0.39 is 0 Å². The van der Waals surface area contributed by atoms with E-state index in [1.807, 2.05) is 6.92 Å². The monoisotopic (exact) mass is 292 g/mol. The molecule has 1 aliphatic carbocycles. The van der Waals surface area contributed by atoms with Gasteiger partial charge >= 0.3 is 0 Å². The van der Waals surface area contributed by atoms with Crippen LogP contribution in [0.5, 0.6) is 0 Å². The summed E-state index contributed by atoms with van der Waals surface area (Å²) in [7, 11) is 2.13. The smallest absolute Gasteiger partial charge is 0.166 e. The van der Waals surface area contributed by atoms with Crippen LogP contribution in [0, 0.1) is 0 Å². The molecule has 118 valence electrons. The summed E-state index contributed by atoms with van der Waals surface area (Å²) in [5.41, 5.74) is 4.83. The summed E-state index contributed by atoms with van der Waals surface area (Å²) in [6.45, 7) is 5.62. The summed E-state index contributed by atoms with van der Waals surface area (Å²) >= 11 is 0. The number of aldehydes is 1. The summed E-state index contributed by atoms with van der Waals surface area (Å²) < 4.78 is 5.37. The normalized spacial score (nSPS) is 14.4. The highest BCUT2D eigenvalue weighted by Gasteiger charge is 2.19. The number of hydrogen-bond donors (Lipinski definition) is 1. The number of aromatic nitrogens is 1. The van der Waals surface area contributed by atoms with Crippen LogP contribution in [0.15, 0.2) is 0 Å². The molecule has 1 aromatic heterocycles. The van der Waals surface area contributed by atoms with Gasteiger partial charge in [0.1, 0.15) is 0 Å². The van der Waals surface area contributed by atoms with E-state index in [2.05, 4.69) is 16.9 Å². The second-order valence-corrected chi connectivity index (χ2v) is 5.90. The van der Waals surface area contributed by atoms with Gasteiger partial charge in [-0.15, -0.1) is 0 Å². The first kappa shape index (κ1) is 16.2. The molecule has 0 amide bonds. The number of ether oxygens (including phenoxy) is 1. The number of rotatable bonds is 9. The fraction of sp³-hybridized carbons (Fsp3) is 0.706. The topological polar surface area (TPSA) is 45.3 Å². The van der Waals surface area contributed by atoms with Crippen LogP contribution in [0.2, 0.25) is 0 Å². The average Bonchev–Trinajstić information content (AvgIpc) is 2.86. The quantitative estimate of drug-likeness (QED) is 0.562. The molecule has 0 saturated heterocycles. The lowest BCUT2D eigenvalue weighted by molar-refractivity contribution is 0.111. The van der Waals surface area contributed by atoms with Crippen molar-refractivity contribution in [3.05, 3.63) is 22.5 Å². The highest BCUT2D eigenvalue weighted by molar-refractivity contribution is 5.76. The number of carbonyl (C=O) groups excluding carboxylic acids is 1. The molecule has 1 aromatic rings. The molecule has 0 unspecified atom stereocenters. The standard InChI is InChI=1S/C17H28N2O2/c1-3-21-12-11-19(2)10-6-8-15-14-7-4-5-9-16(14)18-17(15)13-20/h13,18H,3-12H2,1-2H3. The number of carbonyl (C=O) groups is 1. The van der Waals surface area contributed by atoms with E-state index in [4.69, 9.17) is 4.74 Å². The van der Waals surface area contributed by atoms with Crippen LogP contribution in [0.4, 0.5) is 0 Å². The minimum atomic E-state index is 0.784. The van der Waals surface area contributed by atoms with Crippen LogP contribution >= 0.6 is 0 Å². The molecule has 0 aliphatic heterocycles. The number of likely N-dealkylation sites (N-methyl/N-ethyl adjacent to an activating group) is 1. The third-order valence-corrected chi connectivity index (χ3v) is 4.35. The van der Waals surface area contributed by atoms with Crippen molar-refractivity contribution in [1.29, 1.82) is 0 Å². The van der Waals surface area contributed by atoms with Gasteiger partial charge in [-0.2, -0.15) is 0 Å². The molecule has 2 rings (SSSR count). The summed E-state index contributed by atoms with van der Waals surface area (Å²) in [5, 5.41) is 0. The van der Waals surface area contributed by atoms with Crippen molar-refractivity contribution in [3.8, 4) is 0 Å². The van der Waals surface area contributed by atoms with Gasteiger partial charge in [-0.25, -0.2) is 0 Å². The molecule has 4 nitrogen and oxygen atoms in total. The van der Waals surface area contributed by atoms with Gasteiger partial charge in [-0.1, -0.05) is 0 Å². The zero-order valence-electron chi connectivity index (χ0n) is 13.4. The molecule has 0 aromatic carbocycles. The van der Waals surface area contributed by atoms with Crippen LogP contribution in [0.1, 0.15) is 53.5 Å². The van der Waals surface area contributed by atoms with E-state index in [0.717, 1.165) is 64.0 Å². The molecule has 4 heteroatoms. The van der Waals surface area contributed by atoms with Crippen LogP contribution < -0.4 is 0 Å². The maximum Gasteiger partial charge on any atom is 0.166 e. The maximum atomic E-state index is 11.3. The average molecular weight is 292 g/mol. The van der Waals surface area contributed by atoms with Gasteiger partial charge in [0, 0.05) is 18.8 Å². The zero-order chi connectivity index (χ0) is 15.1. The third kappa shape index (κ3) is 4.42. The largest absolute Gasteiger partial charge is 0.380 e. The highest BCUT2D eigenvalue weighted by Crippen LogP contribution is 2.27. The van der Waals surface area contributed by atoms with Gasteiger partial charge in [0.2, 0.25) is 0 Å². The fourth-order valence-corrected chi connectivity index (χ4v) is 3.17. The van der Waals surface area contributed by atoms with Crippen molar-refractivity contribution in [2.24, 2.45) is 0 Å². The van der Waals surface area contributed by atoms with E-state index in [-0.39, 0.29) is 0 Å². The minimum Gasteiger partial charge on any atom is -0.380 e. The molecular formula is C17H28N2O2. The first-order valence-corrected chi connectivity index (χ1v) is 8.20. The second kappa shape index (κ2) is 8.35. The first-order valence-electron chi connectivity index (χ1n) is 8.20.